The number of anilines is 2. The van der Waals surface area contributed by atoms with Crippen molar-refractivity contribution >= 4 is 23.3 Å². The molecule has 1 unspecified atom stereocenters. The van der Waals surface area contributed by atoms with Crippen LogP contribution < -0.4 is 16.0 Å². The number of likely N-dealkylation sites (tertiary alicyclic amines) is 1. The third kappa shape index (κ3) is 5.99. The molecule has 6 nitrogen and oxygen atoms in total. The first kappa shape index (κ1) is 22.6. The molecule has 6 heteroatoms. The largest absolute Gasteiger partial charge is 0.336 e. The number of urea groups is 1. The number of rotatable bonds is 7. The summed E-state index contributed by atoms with van der Waals surface area (Å²) in [7, 11) is 0. The quantitative estimate of drug-likeness (QED) is 0.471. The van der Waals surface area contributed by atoms with Gasteiger partial charge in [0.1, 0.15) is 0 Å². The van der Waals surface area contributed by atoms with Crippen molar-refractivity contribution < 1.29 is 9.59 Å². The van der Waals surface area contributed by atoms with Gasteiger partial charge >= 0.3 is 6.03 Å². The van der Waals surface area contributed by atoms with Crippen LogP contribution in [0.25, 0.3) is 0 Å². The molecule has 0 radical (unpaired) electrons. The Kier molecular flexibility index (Phi) is 7.37. The Bertz CT molecular complexity index is 1080. The molecule has 0 aliphatic carbocycles. The van der Waals surface area contributed by atoms with Crippen LogP contribution in [0.4, 0.5) is 16.2 Å². The van der Waals surface area contributed by atoms with Crippen LogP contribution >= 0.6 is 0 Å². The summed E-state index contributed by atoms with van der Waals surface area (Å²) in [5.74, 6) is -0.220. The van der Waals surface area contributed by atoms with Crippen LogP contribution in [0.3, 0.4) is 0 Å². The van der Waals surface area contributed by atoms with Crippen LogP contribution in [0.2, 0.25) is 0 Å². The van der Waals surface area contributed by atoms with Gasteiger partial charge in [-0.1, -0.05) is 54.6 Å². The summed E-state index contributed by atoms with van der Waals surface area (Å²) in [6.45, 7) is 4.51. The standard InChI is InChI=1S/C27H30N4O2/c1-20-14-15-22(26(32)29-23-12-6-3-7-13-23)18-24(20)30-27(33)28-19-25(31-16-8-9-17-31)21-10-4-2-5-11-21/h2-7,10-15,18,25H,8-9,16-17,19H2,1H3,(H,29,32)(H2,28,30,33). The van der Waals surface area contributed by atoms with Gasteiger partial charge in [-0.15, -0.1) is 0 Å². The Morgan fingerprint density at radius 2 is 1.55 bits per heavy atom. The van der Waals surface area contributed by atoms with E-state index in [-0.39, 0.29) is 18.0 Å². The molecule has 1 heterocycles. The highest BCUT2D eigenvalue weighted by molar-refractivity contribution is 6.05. The van der Waals surface area contributed by atoms with Crippen molar-refractivity contribution in [3.05, 3.63) is 95.6 Å². The van der Waals surface area contributed by atoms with Crippen LogP contribution in [-0.4, -0.2) is 36.5 Å². The molecule has 1 saturated heterocycles. The second-order valence-electron chi connectivity index (χ2n) is 8.35. The zero-order valence-electron chi connectivity index (χ0n) is 18.9. The molecule has 1 aliphatic heterocycles. The topological polar surface area (TPSA) is 73.5 Å². The van der Waals surface area contributed by atoms with Crippen LogP contribution in [0.15, 0.2) is 78.9 Å². The predicted molar refractivity (Wildman–Crippen MR) is 133 cm³/mol. The number of nitrogens with zero attached hydrogens (tertiary/aromatic N) is 1. The lowest BCUT2D eigenvalue weighted by atomic mass is 10.1. The van der Waals surface area contributed by atoms with E-state index in [2.05, 4.69) is 33.0 Å². The lowest BCUT2D eigenvalue weighted by Gasteiger charge is -2.28. The molecule has 0 bridgehead atoms. The number of hydrogen-bond acceptors (Lipinski definition) is 3. The summed E-state index contributed by atoms with van der Waals surface area (Å²) in [6.07, 6.45) is 2.37. The SMILES string of the molecule is Cc1ccc(C(=O)Nc2ccccc2)cc1NC(=O)NCC(c1ccccc1)N1CCCC1. The number of hydrogen-bond donors (Lipinski definition) is 3. The van der Waals surface area contributed by atoms with E-state index in [1.807, 2.05) is 61.5 Å². The Labute approximate surface area is 195 Å². The molecule has 3 N–H and O–H groups in total. The zero-order chi connectivity index (χ0) is 23.0. The second-order valence-corrected chi connectivity index (χ2v) is 8.35. The van der Waals surface area contributed by atoms with Crippen molar-refractivity contribution in [2.45, 2.75) is 25.8 Å². The molecule has 0 aromatic heterocycles. The molecule has 0 spiro atoms. The molecule has 4 rings (SSSR count). The molecule has 33 heavy (non-hydrogen) atoms. The number of nitrogens with one attached hydrogen (secondary N) is 3. The van der Waals surface area contributed by atoms with Gasteiger partial charge in [0.25, 0.3) is 5.91 Å². The molecular formula is C27H30N4O2. The van der Waals surface area contributed by atoms with Crippen LogP contribution in [0.5, 0.6) is 0 Å². The Hall–Kier alpha value is -3.64. The van der Waals surface area contributed by atoms with E-state index >= 15 is 0 Å². The smallest absolute Gasteiger partial charge is 0.319 e. The number of carbonyl (C=O) groups excluding carboxylic acids is 2. The molecular weight excluding hydrogens is 412 g/mol. The fourth-order valence-corrected chi connectivity index (χ4v) is 4.16. The van der Waals surface area contributed by atoms with E-state index in [0.29, 0.717) is 17.8 Å². The molecule has 1 atom stereocenters. The highest BCUT2D eigenvalue weighted by atomic mass is 16.2. The van der Waals surface area contributed by atoms with Gasteiger partial charge in [-0.25, -0.2) is 4.79 Å². The van der Waals surface area contributed by atoms with Crippen molar-refractivity contribution in [3.8, 4) is 0 Å². The fourth-order valence-electron chi connectivity index (χ4n) is 4.16. The number of benzene rings is 3. The zero-order valence-corrected chi connectivity index (χ0v) is 18.9. The van der Waals surface area contributed by atoms with Crippen molar-refractivity contribution in [1.82, 2.24) is 10.2 Å². The maximum absolute atomic E-state index is 12.7. The lowest BCUT2D eigenvalue weighted by Crippen LogP contribution is -2.38. The van der Waals surface area contributed by atoms with Crippen molar-refractivity contribution in [1.29, 1.82) is 0 Å². The van der Waals surface area contributed by atoms with E-state index in [9.17, 15) is 9.59 Å². The minimum Gasteiger partial charge on any atom is -0.336 e. The Balaban J connectivity index is 1.40. The lowest BCUT2D eigenvalue weighted by molar-refractivity contribution is 0.102. The molecule has 3 aromatic carbocycles. The van der Waals surface area contributed by atoms with Crippen molar-refractivity contribution in [2.24, 2.45) is 0 Å². The highest BCUT2D eigenvalue weighted by Gasteiger charge is 2.24. The predicted octanol–water partition coefficient (Wildman–Crippen LogP) is 5.21. The maximum atomic E-state index is 12.7. The first-order chi connectivity index (χ1) is 16.1. The molecule has 1 aliphatic rings. The first-order valence-electron chi connectivity index (χ1n) is 11.4. The summed E-state index contributed by atoms with van der Waals surface area (Å²) in [5.41, 5.74) is 3.92. The fraction of sp³-hybridized carbons (Fsp3) is 0.259. The minimum atomic E-state index is -0.279. The molecule has 0 saturated carbocycles. The van der Waals surface area contributed by atoms with Crippen LogP contribution in [0.1, 0.15) is 40.4 Å². The average Bonchev–Trinajstić information content (AvgIpc) is 3.36. The van der Waals surface area contributed by atoms with E-state index in [1.165, 1.54) is 18.4 Å². The molecule has 170 valence electrons. The average molecular weight is 443 g/mol. The normalized spacial score (nSPS) is 14.5. The van der Waals surface area contributed by atoms with Crippen LogP contribution in [0, 0.1) is 6.92 Å². The third-order valence-corrected chi connectivity index (χ3v) is 6.00. The van der Waals surface area contributed by atoms with Crippen LogP contribution in [-0.2, 0) is 0 Å². The summed E-state index contributed by atoms with van der Waals surface area (Å²) in [4.78, 5) is 27.8. The first-order valence-corrected chi connectivity index (χ1v) is 11.4. The third-order valence-electron chi connectivity index (χ3n) is 6.00. The van der Waals surface area contributed by atoms with E-state index < -0.39 is 0 Å². The molecule has 1 fully saturated rings. The number of amides is 3. The number of para-hydroxylation sites is 1. The van der Waals surface area contributed by atoms with Gasteiger partial charge in [-0.3, -0.25) is 9.69 Å². The van der Waals surface area contributed by atoms with Crippen molar-refractivity contribution in [2.75, 3.05) is 30.3 Å². The molecule has 3 amide bonds. The van der Waals surface area contributed by atoms with Gasteiger partial charge in [0, 0.05) is 23.5 Å². The van der Waals surface area contributed by atoms with E-state index in [1.54, 1.807) is 12.1 Å². The van der Waals surface area contributed by atoms with Gasteiger partial charge in [0.2, 0.25) is 0 Å². The number of aryl methyl sites for hydroxylation is 1. The Morgan fingerprint density at radius 1 is 0.879 bits per heavy atom. The number of carbonyl (C=O) groups is 2. The van der Waals surface area contributed by atoms with Gasteiger partial charge in [-0.2, -0.15) is 0 Å². The maximum Gasteiger partial charge on any atom is 0.319 e. The van der Waals surface area contributed by atoms with Gasteiger partial charge in [0.15, 0.2) is 0 Å². The Morgan fingerprint density at radius 3 is 2.24 bits per heavy atom. The van der Waals surface area contributed by atoms with E-state index in [4.69, 9.17) is 0 Å². The summed E-state index contributed by atoms with van der Waals surface area (Å²) in [6, 6.07) is 24.8. The minimum absolute atomic E-state index is 0.142. The second kappa shape index (κ2) is 10.8. The summed E-state index contributed by atoms with van der Waals surface area (Å²) >= 11 is 0. The highest BCUT2D eigenvalue weighted by Crippen LogP contribution is 2.24. The van der Waals surface area contributed by atoms with Crippen molar-refractivity contribution in [3.63, 3.8) is 0 Å². The monoisotopic (exact) mass is 442 g/mol. The van der Waals surface area contributed by atoms with Gasteiger partial charge < -0.3 is 16.0 Å². The molecule has 3 aromatic rings. The summed E-state index contributed by atoms with van der Waals surface area (Å²) in [5, 5.41) is 8.82. The summed E-state index contributed by atoms with van der Waals surface area (Å²) < 4.78 is 0. The van der Waals surface area contributed by atoms with Gasteiger partial charge in [-0.05, 0) is 68.2 Å². The van der Waals surface area contributed by atoms with Gasteiger partial charge in [0.05, 0.1) is 6.04 Å². The van der Waals surface area contributed by atoms with E-state index in [0.717, 1.165) is 24.3 Å².